The highest BCUT2D eigenvalue weighted by atomic mass is 32.2. The van der Waals surface area contributed by atoms with Crippen molar-refractivity contribution in [3.8, 4) is 0 Å². The number of thioether (sulfide) groups is 1. The average molecular weight is 298 g/mol. The number of carbonyl (C=O) groups is 1. The Labute approximate surface area is 125 Å². The molecule has 0 unspecified atom stereocenters. The van der Waals surface area contributed by atoms with Gasteiger partial charge in [0.05, 0.1) is 5.69 Å². The molecule has 1 aromatic rings. The van der Waals surface area contributed by atoms with Crippen LogP contribution in [0.25, 0.3) is 0 Å². The van der Waals surface area contributed by atoms with Gasteiger partial charge in [0.15, 0.2) is 0 Å². The molecule has 0 aliphatic carbocycles. The molecule has 0 spiro atoms. The van der Waals surface area contributed by atoms with Gasteiger partial charge in [0.1, 0.15) is 0 Å². The number of aryl methyl sites for hydroxylation is 2. The average Bonchev–Trinajstić information content (AvgIpc) is 2.69. The van der Waals surface area contributed by atoms with Gasteiger partial charge in [0.25, 0.3) is 0 Å². The van der Waals surface area contributed by atoms with Gasteiger partial charge in [-0.15, -0.1) is 0 Å². The third kappa shape index (κ3) is 4.44. The smallest absolute Gasteiger partial charge is 0.315 e. The number of carbonyl (C=O) groups excluding carboxylic acids is 1. The first kappa shape index (κ1) is 16.9. The van der Waals surface area contributed by atoms with Gasteiger partial charge in [0, 0.05) is 35.6 Å². The van der Waals surface area contributed by atoms with Gasteiger partial charge >= 0.3 is 6.03 Å². The summed E-state index contributed by atoms with van der Waals surface area (Å²) >= 11 is 1.74. The minimum Gasteiger partial charge on any atom is -0.337 e. The number of nitrogens with zero attached hydrogens (tertiary/aromatic N) is 2. The normalized spacial score (nSPS) is 11.5. The Morgan fingerprint density at radius 3 is 2.50 bits per heavy atom. The lowest BCUT2D eigenvalue weighted by Crippen LogP contribution is -2.41. The minimum atomic E-state index is -0.129. The summed E-state index contributed by atoms with van der Waals surface area (Å²) in [5.41, 5.74) is 3.20. The summed E-state index contributed by atoms with van der Waals surface area (Å²) in [7, 11) is 0. The maximum atomic E-state index is 11.8. The zero-order chi connectivity index (χ0) is 15.3. The van der Waals surface area contributed by atoms with E-state index in [0.29, 0.717) is 13.1 Å². The Morgan fingerprint density at radius 1 is 1.35 bits per heavy atom. The van der Waals surface area contributed by atoms with Crippen LogP contribution in [0.2, 0.25) is 0 Å². The summed E-state index contributed by atoms with van der Waals surface area (Å²) in [6.07, 6.45) is 2.05. The standard InChI is InChI=1S/C14H26N4OS/c1-7-18-11(3)12(10(2)17-18)8-15-13(19)16-9-14(4,5)20-6/h7-9H2,1-6H3,(H2,15,16,19). The minimum absolute atomic E-state index is 0.0519. The Morgan fingerprint density at radius 2 is 2.00 bits per heavy atom. The molecule has 1 rings (SSSR count). The zero-order valence-corrected chi connectivity index (χ0v) is 14.1. The van der Waals surface area contributed by atoms with Gasteiger partial charge in [-0.3, -0.25) is 4.68 Å². The fourth-order valence-corrected chi connectivity index (χ4v) is 2.11. The molecule has 2 N–H and O–H groups in total. The molecule has 0 radical (unpaired) electrons. The molecule has 0 aromatic carbocycles. The van der Waals surface area contributed by atoms with Gasteiger partial charge in [-0.05, 0) is 40.9 Å². The Bertz CT molecular complexity index is 468. The monoisotopic (exact) mass is 298 g/mol. The molecule has 0 saturated carbocycles. The van der Waals surface area contributed by atoms with Crippen molar-refractivity contribution in [1.29, 1.82) is 0 Å². The molecular weight excluding hydrogens is 272 g/mol. The molecule has 0 fully saturated rings. The van der Waals surface area contributed by atoms with Crippen molar-refractivity contribution in [2.75, 3.05) is 12.8 Å². The van der Waals surface area contributed by atoms with Crippen molar-refractivity contribution in [1.82, 2.24) is 20.4 Å². The predicted molar refractivity (Wildman–Crippen MR) is 85.2 cm³/mol. The molecule has 5 nitrogen and oxygen atoms in total. The second-order valence-corrected chi connectivity index (χ2v) is 6.98. The summed E-state index contributed by atoms with van der Waals surface area (Å²) in [6, 6.07) is -0.129. The summed E-state index contributed by atoms with van der Waals surface area (Å²) in [5, 5.41) is 10.3. The van der Waals surface area contributed by atoms with Gasteiger partial charge in [-0.2, -0.15) is 16.9 Å². The molecule has 0 aliphatic rings. The Hall–Kier alpha value is -1.17. The third-order valence-electron chi connectivity index (χ3n) is 3.48. The van der Waals surface area contributed by atoms with E-state index in [9.17, 15) is 4.79 Å². The molecule has 0 saturated heterocycles. The topological polar surface area (TPSA) is 59.0 Å². The second-order valence-electron chi connectivity index (χ2n) is 5.47. The van der Waals surface area contributed by atoms with E-state index >= 15 is 0 Å². The number of hydrogen-bond donors (Lipinski definition) is 2. The third-order valence-corrected chi connectivity index (χ3v) is 4.73. The number of nitrogens with one attached hydrogen (secondary N) is 2. The predicted octanol–water partition coefficient (Wildman–Crippen LogP) is 2.46. The highest BCUT2D eigenvalue weighted by Gasteiger charge is 2.17. The summed E-state index contributed by atoms with van der Waals surface area (Å²) in [6.45, 7) is 12.3. The van der Waals surface area contributed by atoms with Gasteiger partial charge in [-0.25, -0.2) is 4.79 Å². The number of urea groups is 1. The highest BCUT2D eigenvalue weighted by Crippen LogP contribution is 2.19. The molecule has 6 heteroatoms. The molecular formula is C14H26N4OS. The first-order chi connectivity index (χ1) is 9.30. The van der Waals surface area contributed by atoms with E-state index in [-0.39, 0.29) is 10.8 Å². The van der Waals surface area contributed by atoms with Crippen LogP contribution in [0.5, 0.6) is 0 Å². The van der Waals surface area contributed by atoms with E-state index in [2.05, 4.69) is 36.5 Å². The van der Waals surface area contributed by atoms with Crippen molar-refractivity contribution < 1.29 is 4.79 Å². The summed E-state index contributed by atoms with van der Waals surface area (Å²) in [5.74, 6) is 0. The van der Waals surface area contributed by atoms with Crippen LogP contribution >= 0.6 is 11.8 Å². The lowest BCUT2D eigenvalue weighted by molar-refractivity contribution is 0.239. The SMILES string of the molecule is CCn1nc(C)c(CNC(=O)NCC(C)(C)SC)c1C. The lowest BCUT2D eigenvalue weighted by atomic mass is 10.2. The van der Waals surface area contributed by atoms with E-state index in [1.807, 2.05) is 24.8 Å². The molecule has 1 aromatic heterocycles. The van der Waals surface area contributed by atoms with Crippen LogP contribution in [0.3, 0.4) is 0 Å². The van der Waals surface area contributed by atoms with Crippen LogP contribution in [0.4, 0.5) is 4.79 Å². The van der Waals surface area contributed by atoms with E-state index in [1.165, 1.54) is 0 Å². The Kier molecular flexibility index (Phi) is 5.92. The molecule has 0 aliphatic heterocycles. The molecule has 1 heterocycles. The van der Waals surface area contributed by atoms with Gasteiger partial charge in [0.2, 0.25) is 0 Å². The summed E-state index contributed by atoms with van der Waals surface area (Å²) in [4.78, 5) is 11.8. The van der Waals surface area contributed by atoms with Crippen molar-refractivity contribution in [2.24, 2.45) is 0 Å². The van der Waals surface area contributed by atoms with Gasteiger partial charge in [-0.1, -0.05) is 0 Å². The van der Waals surface area contributed by atoms with Gasteiger partial charge < -0.3 is 10.6 Å². The quantitative estimate of drug-likeness (QED) is 0.848. The fraction of sp³-hybridized carbons (Fsp3) is 0.714. The zero-order valence-electron chi connectivity index (χ0n) is 13.3. The highest BCUT2D eigenvalue weighted by molar-refractivity contribution is 7.99. The maximum Gasteiger partial charge on any atom is 0.315 e. The molecule has 114 valence electrons. The first-order valence-corrected chi connectivity index (χ1v) is 8.13. The van der Waals surface area contributed by atoms with Crippen LogP contribution in [0, 0.1) is 13.8 Å². The summed E-state index contributed by atoms with van der Waals surface area (Å²) < 4.78 is 2.01. The van der Waals surface area contributed by atoms with E-state index in [1.54, 1.807) is 11.8 Å². The van der Waals surface area contributed by atoms with Crippen LogP contribution in [0.15, 0.2) is 0 Å². The maximum absolute atomic E-state index is 11.8. The molecule has 0 bridgehead atoms. The number of amides is 2. The molecule has 20 heavy (non-hydrogen) atoms. The number of hydrogen-bond acceptors (Lipinski definition) is 3. The van der Waals surface area contributed by atoms with Crippen LogP contribution in [0.1, 0.15) is 37.7 Å². The largest absolute Gasteiger partial charge is 0.337 e. The van der Waals surface area contributed by atoms with Crippen LogP contribution in [-0.2, 0) is 13.1 Å². The van der Waals surface area contributed by atoms with Crippen molar-refractivity contribution >= 4 is 17.8 Å². The van der Waals surface area contributed by atoms with Crippen molar-refractivity contribution in [2.45, 2.75) is 52.5 Å². The van der Waals surface area contributed by atoms with E-state index in [0.717, 1.165) is 23.5 Å². The molecule has 2 amide bonds. The number of aromatic nitrogens is 2. The van der Waals surface area contributed by atoms with Crippen LogP contribution < -0.4 is 10.6 Å². The van der Waals surface area contributed by atoms with E-state index in [4.69, 9.17) is 0 Å². The molecule has 0 atom stereocenters. The van der Waals surface area contributed by atoms with Crippen LogP contribution in [-0.4, -0.2) is 33.4 Å². The Balaban J connectivity index is 2.51. The number of rotatable bonds is 6. The first-order valence-electron chi connectivity index (χ1n) is 6.90. The van der Waals surface area contributed by atoms with Crippen molar-refractivity contribution in [3.05, 3.63) is 17.0 Å². The lowest BCUT2D eigenvalue weighted by Gasteiger charge is -2.22. The van der Waals surface area contributed by atoms with Crippen molar-refractivity contribution in [3.63, 3.8) is 0 Å². The fourth-order valence-electron chi connectivity index (χ4n) is 1.89. The second kappa shape index (κ2) is 7.02. The van der Waals surface area contributed by atoms with E-state index < -0.39 is 0 Å².